The minimum atomic E-state index is -0.261. The van der Waals surface area contributed by atoms with Gasteiger partial charge in [0.25, 0.3) is 0 Å². The van der Waals surface area contributed by atoms with Crippen LogP contribution >= 0.6 is 11.8 Å². The van der Waals surface area contributed by atoms with E-state index in [1.165, 1.54) is 0 Å². The van der Waals surface area contributed by atoms with Gasteiger partial charge in [0, 0.05) is 6.54 Å². The van der Waals surface area contributed by atoms with E-state index in [2.05, 4.69) is 18.7 Å². The molecule has 128 valence electrons. The molecule has 0 amide bonds. The Morgan fingerprint density at radius 3 is 2.65 bits per heavy atom. The highest BCUT2D eigenvalue weighted by Gasteiger charge is 2.34. The number of likely N-dealkylation sites (N-methyl/N-ethyl adjacent to an activating group) is 1. The van der Waals surface area contributed by atoms with Crippen molar-refractivity contribution in [3.8, 4) is 0 Å². The number of carbonyl (C=O) groups is 1. The zero-order valence-electron chi connectivity index (χ0n) is 14.1. The summed E-state index contributed by atoms with van der Waals surface area (Å²) >= 11 is 1.91. The molecule has 1 aromatic rings. The van der Waals surface area contributed by atoms with E-state index in [9.17, 15) is 4.79 Å². The molecule has 23 heavy (non-hydrogen) atoms. The van der Waals surface area contributed by atoms with Gasteiger partial charge in [0.2, 0.25) is 0 Å². The molecule has 0 radical (unpaired) electrons. The van der Waals surface area contributed by atoms with Crippen LogP contribution in [0.4, 0.5) is 0 Å². The summed E-state index contributed by atoms with van der Waals surface area (Å²) in [6.07, 6.45) is 1.05. The molecule has 2 rings (SSSR count). The Labute approximate surface area is 143 Å². The summed E-state index contributed by atoms with van der Waals surface area (Å²) in [4.78, 5) is 25.1. The number of hydrogen-bond donors (Lipinski definition) is 0. The zero-order chi connectivity index (χ0) is 16.5. The lowest BCUT2D eigenvalue weighted by Crippen LogP contribution is -2.29. The number of nitrogens with zero attached hydrogens (tertiary/aromatic N) is 1. The Morgan fingerprint density at radius 1 is 1.30 bits per heavy atom. The summed E-state index contributed by atoms with van der Waals surface area (Å²) < 4.78 is 0. The van der Waals surface area contributed by atoms with Crippen LogP contribution in [-0.2, 0) is 14.6 Å². The fourth-order valence-electron chi connectivity index (χ4n) is 2.93. The van der Waals surface area contributed by atoms with E-state index in [0.29, 0.717) is 12.5 Å². The van der Waals surface area contributed by atoms with Crippen LogP contribution in [0.5, 0.6) is 0 Å². The van der Waals surface area contributed by atoms with Crippen LogP contribution in [0.3, 0.4) is 0 Å². The molecule has 1 aliphatic rings. The number of hydrogen-bond acceptors (Lipinski definition) is 5. The maximum absolute atomic E-state index is 12.5. The van der Waals surface area contributed by atoms with Crippen molar-refractivity contribution >= 4 is 17.7 Å². The van der Waals surface area contributed by atoms with Gasteiger partial charge >= 0.3 is 5.97 Å². The number of carbonyl (C=O) groups excluding carboxylic acids is 1. The first kappa shape index (κ1) is 18.3. The van der Waals surface area contributed by atoms with Crippen molar-refractivity contribution in [3.05, 3.63) is 35.9 Å². The second-order valence-electron chi connectivity index (χ2n) is 5.76. The van der Waals surface area contributed by atoms with Gasteiger partial charge in [0.15, 0.2) is 0 Å². The predicted molar refractivity (Wildman–Crippen MR) is 94.4 cm³/mol. The van der Waals surface area contributed by atoms with Crippen LogP contribution in [0.15, 0.2) is 30.3 Å². The quantitative estimate of drug-likeness (QED) is 0.392. The third kappa shape index (κ3) is 5.52. The van der Waals surface area contributed by atoms with Crippen LogP contribution in [-0.4, -0.2) is 48.6 Å². The highest BCUT2D eigenvalue weighted by atomic mass is 32.2. The van der Waals surface area contributed by atoms with Crippen LogP contribution in [0, 0.1) is 5.92 Å². The highest BCUT2D eigenvalue weighted by molar-refractivity contribution is 7.99. The Hall–Kier alpha value is -1.04. The van der Waals surface area contributed by atoms with Gasteiger partial charge in [-0.05, 0) is 42.5 Å². The van der Waals surface area contributed by atoms with Crippen molar-refractivity contribution < 1.29 is 14.6 Å². The molecule has 1 saturated heterocycles. The summed E-state index contributed by atoms with van der Waals surface area (Å²) in [6, 6.07) is 9.92. The normalized spacial score (nSPS) is 19.0. The van der Waals surface area contributed by atoms with Crippen molar-refractivity contribution in [2.24, 2.45) is 5.92 Å². The summed E-state index contributed by atoms with van der Waals surface area (Å²) in [5, 5.41) is 0. The smallest absolute Gasteiger partial charge is 0.301 e. The molecule has 5 heteroatoms. The molecule has 0 N–H and O–H groups in total. The first-order chi connectivity index (χ1) is 11.3. The third-order valence-corrected chi connectivity index (χ3v) is 5.56. The molecule has 4 nitrogen and oxygen atoms in total. The Morgan fingerprint density at radius 2 is 2.04 bits per heavy atom. The zero-order valence-corrected chi connectivity index (χ0v) is 14.9. The van der Waals surface area contributed by atoms with Crippen molar-refractivity contribution in [1.29, 1.82) is 0 Å². The minimum absolute atomic E-state index is 0.223. The van der Waals surface area contributed by atoms with Gasteiger partial charge in [-0.1, -0.05) is 44.2 Å². The largest absolute Gasteiger partial charge is 0.350 e. The summed E-state index contributed by atoms with van der Waals surface area (Å²) in [5.41, 5.74) is 1.03. The topological polar surface area (TPSA) is 38.8 Å². The Bertz CT molecular complexity index is 459. The van der Waals surface area contributed by atoms with Crippen LogP contribution in [0.25, 0.3) is 0 Å². The van der Waals surface area contributed by atoms with Gasteiger partial charge in [-0.2, -0.15) is 16.6 Å². The summed E-state index contributed by atoms with van der Waals surface area (Å²) in [6.45, 7) is 7.35. The third-order valence-electron chi connectivity index (χ3n) is 4.38. The maximum atomic E-state index is 12.5. The fourth-order valence-corrected chi connectivity index (χ4v) is 4.23. The monoisotopic (exact) mass is 337 g/mol. The van der Waals surface area contributed by atoms with Crippen molar-refractivity contribution in [2.75, 3.05) is 37.7 Å². The lowest BCUT2D eigenvalue weighted by Gasteiger charge is -2.21. The molecule has 0 bridgehead atoms. The van der Waals surface area contributed by atoms with E-state index < -0.39 is 0 Å². The molecule has 2 unspecified atom stereocenters. The number of rotatable bonds is 9. The van der Waals surface area contributed by atoms with Gasteiger partial charge in [-0.25, -0.2) is 4.79 Å². The molecule has 1 fully saturated rings. The van der Waals surface area contributed by atoms with E-state index in [0.717, 1.165) is 43.1 Å². The average molecular weight is 337 g/mol. The molecular weight excluding hydrogens is 310 g/mol. The van der Waals surface area contributed by atoms with Crippen molar-refractivity contribution in [1.82, 2.24) is 4.90 Å². The standard InChI is InChI=1S/C18H27NO3S/c1-3-19(4-2)11-12-21-22-18(20)17(16-10-13-23-14-16)15-8-6-5-7-9-15/h5-9,16-17H,3-4,10-14H2,1-2H3. The van der Waals surface area contributed by atoms with Crippen LogP contribution in [0.2, 0.25) is 0 Å². The first-order valence-corrected chi connectivity index (χ1v) is 9.60. The van der Waals surface area contributed by atoms with Gasteiger partial charge in [0.1, 0.15) is 6.61 Å². The lowest BCUT2D eigenvalue weighted by molar-refractivity contribution is -0.275. The van der Waals surface area contributed by atoms with Crippen LogP contribution < -0.4 is 0 Å². The molecule has 1 heterocycles. The first-order valence-electron chi connectivity index (χ1n) is 8.44. The SMILES string of the molecule is CCN(CC)CCOOC(=O)C(c1ccccc1)C1CCSC1. The highest BCUT2D eigenvalue weighted by Crippen LogP contribution is 2.36. The lowest BCUT2D eigenvalue weighted by atomic mass is 9.86. The van der Waals surface area contributed by atoms with Crippen molar-refractivity contribution in [3.63, 3.8) is 0 Å². The summed E-state index contributed by atoms with van der Waals surface area (Å²) in [7, 11) is 0. The number of benzene rings is 1. The van der Waals surface area contributed by atoms with Gasteiger partial charge in [0.05, 0.1) is 5.92 Å². The minimum Gasteiger partial charge on any atom is -0.301 e. The van der Waals surface area contributed by atoms with E-state index in [1.807, 2.05) is 42.1 Å². The van der Waals surface area contributed by atoms with E-state index in [4.69, 9.17) is 9.78 Å². The van der Waals surface area contributed by atoms with E-state index in [-0.39, 0.29) is 11.9 Å². The Balaban J connectivity index is 1.89. The molecular formula is C18H27NO3S. The fraction of sp³-hybridized carbons (Fsp3) is 0.611. The maximum Gasteiger partial charge on any atom is 0.350 e. The van der Waals surface area contributed by atoms with E-state index in [1.54, 1.807) is 0 Å². The van der Waals surface area contributed by atoms with Crippen LogP contribution in [0.1, 0.15) is 31.7 Å². The van der Waals surface area contributed by atoms with Gasteiger partial charge in [-0.3, -0.25) is 4.89 Å². The predicted octanol–water partition coefficient (Wildman–Crippen LogP) is 3.34. The van der Waals surface area contributed by atoms with E-state index >= 15 is 0 Å². The second-order valence-corrected chi connectivity index (χ2v) is 6.91. The molecule has 1 aliphatic heterocycles. The molecule has 0 spiro atoms. The molecule has 0 aliphatic carbocycles. The second kappa shape index (κ2) is 9.96. The summed E-state index contributed by atoms with van der Waals surface area (Å²) in [5.74, 6) is 1.97. The number of thioether (sulfide) groups is 1. The molecule has 0 aromatic heterocycles. The van der Waals surface area contributed by atoms with Gasteiger partial charge < -0.3 is 4.90 Å². The average Bonchev–Trinajstić information content (AvgIpc) is 3.10. The van der Waals surface area contributed by atoms with Gasteiger partial charge in [-0.15, -0.1) is 0 Å². The molecule has 1 aromatic carbocycles. The Kier molecular flexibility index (Phi) is 7.92. The molecule has 2 atom stereocenters. The molecule has 0 saturated carbocycles. The van der Waals surface area contributed by atoms with Crippen molar-refractivity contribution in [2.45, 2.75) is 26.2 Å².